The minimum absolute atomic E-state index is 0.426. The molecule has 2 N–H and O–H groups in total. The second-order valence-corrected chi connectivity index (χ2v) is 2.60. The molecule has 0 radical (unpaired) electrons. The van der Waals surface area contributed by atoms with E-state index in [0.717, 1.165) is 12.2 Å². The van der Waals surface area contributed by atoms with Gasteiger partial charge < -0.3 is 10.5 Å². The molecule has 0 unspecified atom stereocenters. The van der Waals surface area contributed by atoms with Crippen molar-refractivity contribution in [2.24, 2.45) is 0 Å². The molecule has 1 aromatic rings. The largest absolute Gasteiger partial charge is 0.458 e. The molecule has 0 aliphatic carbocycles. The van der Waals surface area contributed by atoms with Crippen LogP contribution in [-0.2, 0) is 0 Å². The Kier molecular flexibility index (Phi) is 3.31. The molecule has 0 saturated heterocycles. The molecule has 0 aliphatic heterocycles. The standard InChI is InChI=1S/C10H14N2O/c1-3-8(4-2)13-9-6-5-7-12-10(9)11/h3,5-7H,4H2,1-2H3,(H2,11,12). The van der Waals surface area contributed by atoms with E-state index in [1.54, 1.807) is 12.3 Å². The molecule has 1 rings (SSSR count). The summed E-state index contributed by atoms with van der Waals surface area (Å²) >= 11 is 0. The zero-order chi connectivity index (χ0) is 9.68. The Morgan fingerprint density at radius 3 is 3.00 bits per heavy atom. The number of nitrogen functional groups attached to an aromatic ring is 1. The van der Waals surface area contributed by atoms with Crippen LogP contribution < -0.4 is 10.5 Å². The molecular weight excluding hydrogens is 164 g/mol. The van der Waals surface area contributed by atoms with E-state index in [4.69, 9.17) is 10.5 Å². The maximum atomic E-state index is 5.61. The summed E-state index contributed by atoms with van der Waals surface area (Å²) in [4.78, 5) is 3.93. The quantitative estimate of drug-likeness (QED) is 0.723. The Labute approximate surface area is 78.2 Å². The van der Waals surface area contributed by atoms with Crippen molar-refractivity contribution in [3.8, 4) is 5.75 Å². The first-order chi connectivity index (χ1) is 6.27. The van der Waals surface area contributed by atoms with Crippen molar-refractivity contribution in [1.29, 1.82) is 0 Å². The zero-order valence-corrected chi connectivity index (χ0v) is 7.95. The molecule has 3 nitrogen and oxygen atoms in total. The second-order valence-electron chi connectivity index (χ2n) is 2.60. The van der Waals surface area contributed by atoms with Gasteiger partial charge in [0.1, 0.15) is 0 Å². The maximum absolute atomic E-state index is 5.61. The van der Waals surface area contributed by atoms with Gasteiger partial charge in [0.2, 0.25) is 0 Å². The maximum Gasteiger partial charge on any atom is 0.168 e. The smallest absolute Gasteiger partial charge is 0.168 e. The predicted molar refractivity (Wildman–Crippen MR) is 53.3 cm³/mol. The van der Waals surface area contributed by atoms with E-state index in [9.17, 15) is 0 Å². The third kappa shape index (κ3) is 2.47. The lowest BCUT2D eigenvalue weighted by molar-refractivity contribution is 0.409. The predicted octanol–water partition coefficient (Wildman–Crippen LogP) is 2.36. The minimum atomic E-state index is 0.426. The molecule has 0 aliphatic rings. The Morgan fingerprint density at radius 2 is 2.46 bits per heavy atom. The van der Waals surface area contributed by atoms with Gasteiger partial charge in [-0.2, -0.15) is 0 Å². The first-order valence-corrected chi connectivity index (χ1v) is 4.31. The van der Waals surface area contributed by atoms with Crippen molar-refractivity contribution in [2.45, 2.75) is 20.3 Å². The van der Waals surface area contributed by atoms with Crippen LogP contribution in [0.15, 0.2) is 30.2 Å². The van der Waals surface area contributed by atoms with Gasteiger partial charge >= 0.3 is 0 Å². The van der Waals surface area contributed by atoms with E-state index in [2.05, 4.69) is 4.98 Å². The van der Waals surface area contributed by atoms with Crippen molar-refractivity contribution in [3.05, 3.63) is 30.2 Å². The van der Waals surface area contributed by atoms with Gasteiger partial charge in [-0.15, -0.1) is 0 Å². The number of nitrogens with two attached hydrogens (primary N) is 1. The molecule has 0 aromatic carbocycles. The Balaban J connectivity index is 2.80. The summed E-state index contributed by atoms with van der Waals surface area (Å²) < 4.78 is 5.52. The summed E-state index contributed by atoms with van der Waals surface area (Å²) in [5, 5.41) is 0. The first-order valence-electron chi connectivity index (χ1n) is 4.31. The number of pyridine rings is 1. The van der Waals surface area contributed by atoms with Gasteiger partial charge in [-0.1, -0.05) is 6.92 Å². The fourth-order valence-electron chi connectivity index (χ4n) is 0.966. The molecule has 1 aromatic heterocycles. The number of nitrogens with zero attached hydrogens (tertiary/aromatic N) is 1. The van der Waals surface area contributed by atoms with Crippen LogP contribution >= 0.6 is 0 Å². The van der Waals surface area contributed by atoms with Crippen LogP contribution in [0.3, 0.4) is 0 Å². The van der Waals surface area contributed by atoms with Crippen LogP contribution in [0.5, 0.6) is 5.75 Å². The first kappa shape index (κ1) is 9.58. The topological polar surface area (TPSA) is 48.1 Å². The van der Waals surface area contributed by atoms with E-state index in [-0.39, 0.29) is 0 Å². The number of hydrogen-bond donors (Lipinski definition) is 1. The van der Waals surface area contributed by atoms with Crippen molar-refractivity contribution >= 4 is 5.82 Å². The van der Waals surface area contributed by atoms with Crippen LogP contribution in [0, 0.1) is 0 Å². The van der Waals surface area contributed by atoms with Crippen LogP contribution in [0.25, 0.3) is 0 Å². The van der Waals surface area contributed by atoms with E-state index < -0.39 is 0 Å². The molecule has 0 amide bonds. The van der Waals surface area contributed by atoms with Crippen LogP contribution in [0.1, 0.15) is 20.3 Å². The molecule has 0 fully saturated rings. The average Bonchev–Trinajstić information content (AvgIpc) is 2.17. The molecule has 0 saturated carbocycles. The van der Waals surface area contributed by atoms with Crippen LogP contribution in [0.4, 0.5) is 5.82 Å². The lowest BCUT2D eigenvalue weighted by Gasteiger charge is -2.08. The molecule has 0 spiro atoms. The van der Waals surface area contributed by atoms with Gasteiger partial charge in [0.05, 0.1) is 5.76 Å². The fourth-order valence-corrected chi connectivity index (χ4v) is 0.966. The van der Waals surface area contributed by atoms with Crippen molar-refractivity contribution < 1.29 is 4.74 Å². The molecule has 1 heterocycles. The van der Waals surface area contributed by atoms with Crippen LogP contribution in [0.2, 0.25) is 0 Å². The highest BCUT2D eigenvalue weighted by atomic mass is 16.5. The van der Waals surface area contributed by atoms with Crippen molar-refractivity contribution in [3.63, 3.8) is 0 Å². The Bertz CT molecular complexity index is 308. The van der Waals surface area contributed by atoms with Crippen molar-refractivity contribution in [2.75, 3.05) is 5.73 Å². The van der Waals surface area contributed by atoms with E-state index in [0.29, 0.717) is 11.6 Å². The molecule has 0 atom stereocenters. The summed E-state index contributed by atoms with van der Waals surface area (Å²) in [5.74, 6) is 1.95. The van der Waals surface area contributed by atoms with Gasteiger partial charge in [0.15, 0.2) is 11.6 Å². The lowest BCUT2D eigenvalue weighted by Crippen LogP contribution is -1.98. The summed E-state index contributed by atoms with van der Waals surface area (Å²) in [6.07, 6.45) is 4.42. The van der Waals surface area contributed by atoms with Gasteiger partial charge in [-0.3, -0.25) is 0 Å². The molecule has 70 valence electrons. The SMILES string of the molecule is CC=C(CC)Oc1cccnc1N. The molecular formula is C10H14N2O. The second kappa shape index (κ2) is 4.50. The summed E-state index contributed by atoms with van der Waals surface area (Å²) in [6, 6.07) is 3.61. The normalized spacial score (nSPS) is 11.4. The number of aromatic nitrogens is 1. The monoisotopic (exact) mass is 178 g/mol. The number of rotatable bonds is 3. The van der Waals surface area contributed by atoms with Gasteiger partial charge in [0, 0.05) is 12.6 Å². The summed E-state index contributed by atoms with van der Waals surface area (Å²) in [7, 11) is 0. The minimum Gasteiger partial charge on any atom is -0.458 e. The highest BCUT2D eigenvalue weighted by Crippen LogP contribution is 2.20. The molecule has 3 heteroatoms. The van der Waals surface area contributed by atoms with Gasteiger partial charge in [0.25, 0.3) is 0 Å². The Morgan fingerprint density at radius 1 is 1.69 bits per heavy atom. The number of allylic oxidation sites excluding steroid dienone is 2. The number of ether oxygens (including phenoxy) is 1. The van der Waals surface area contributed by atoms with E-state index >= 15 is 0 Å². The summed E-state index contributed by atoms with van der Waals surface area (Å²) in [6.45, 7) is 3.97. The van der Waals surface area contributed by atoms with E-state index in [1.807, 2.05) is 26.0 Å². The zero-order valence-electron chi connectivity index (χ0n) is 7.95. The number of hydrogen-bond acceptors (Lipinski definition) is 3. The lowest BCUT2D eigenvalue weighted by atomic mass is 10.3. The molecule has 13 heavy (non-hydrogen) atoms. The third-order valence-corrected chi connectivity index (χ3v) is 1.71. The van der Waals surface area contributed by atoms with Crippen molar-refractivity contribution in [1.82, 2.24) is 4.98 Å². The van der Waals surface area contributed by atoms with Gasteiger partial charge in [-0.05, 0) is 25.1 Å². The fraction of sp³-hybridized carbons (Fsp3) is 0.300. The average molecular weight is 178 g/mol. The van der Waals surface area contributed by atoms with Crippen LogP contribution in [-0.4, -0.2) is 4.98 Å². The number of anilines is 1. The highest BCUT2D eigenvalue weighted by Gasteiger charge is 2.01. The van der Waals surface area contributed by atoms with Gasteiger partial charge in [-0.25, -0.2) is 4.98 Å². The van der Waals surface area contributed by atoms with E-state index in [1.165, 1.54) is 0 Å². The molecule has 0 bridgehead atoms. The third-order valence-electron chi connectivity index (χ3n) is 1.71. The summed E-state index contributed by atoms with van der Waals surface area (Å²) in [5.41, 5.74) is 5.61. The highest BCUT2D eigenvalue weighted by molar-refractivity contribution is 5.45. The Hall–Kier alpha value is -1.51.